The average molecular weight is 881 g/mol. The minimum Gasteiger partial charge on any atom is -0.448 e. The molecule has 3 N–H and O–H groups in total. The predicted octanol–water partition coefficient (Wildman–Crippen LogP) is 11.2. The van der Waals surface area contributed by atoms with Gasteiger partial charge >= 0.3 is 6.09 Å². The third-order valence-electron chi connectivity index (χ3n) is 10.2. The number of benzene rings is 2. The minimum atomic E-state index is -0.363. The number of carbonyl (C=O) groups excluding carboxylic acids is 3. The molecule has 0 aliphatic carbocycles. The SMILES string of the molecule is CC.CC/C=C\C/C=C\C/C=C\C/C=C\C/C=C\CCCC(=O)NCCOC(=O)N1CCN(Cc2ccc(C(=O)Nc3ccc(C)c(Nc4nccc(-c5cccnc5)n4)c3)cc2)CC1. The number of hydrogen-bond donors (Lipinski definition) is 3. The molecular weight excluding hydrogens is 813 g/mol. The molecule has 2 aromatic carbocycles. The molecule has 3 amide bonds. The molecule has 0 unspecified atom stereocenters. The lowest BCUT2D eigenvalue weighted by Gasteiger charge is -2.34. The van der Waals surface area contributed by atoms with Gasteiger partial charge in [0.05, 0.1) is 12.2 Å². The van der Waals surface area contributed by atoms with Crippen LogP contribution in [0, 0.1) is 6.92 Å². The van der Waals surface area contributed by atoms with Crippen LogP contribution in [-0.4, -0.2) is 82.0 Å². The zero-order valence-corrected chi connectivity index (χ0v) is 38.8. The monoisotopic (exact) mass is 881 g/mol. The number of piperazine rings is 1. The van der Waals surface area contributed by atoms with E-state index >= 15 is 0 Å². The molecule has 344 valence electrons. The highest BCUT2D eigenvalue weighted by Crippen LogP contribution is 2.25. The quantitative estimate of drug-likeness (QED) is 0.0490. The molecule has 1 aliphatic rings. The number of ether oxygens (including phenoxy) is 1. The van der Waals surface area contributed by atoms with Crippen molar-refractivity contribution in [2.75, 3.05) is 50.0 Å². The Morgan fingerprint density at radius 1 is 0.785 bits per heavy atom. The van der Waals surface area contributed by atoms with Crippen molar-refractivity contribution in [3.63, 3.8) is 0 Å². The number of nitrogens with one attached hydrogen (secondary N) is 3. The number of nitrogens with zero attached hydrogens (tertiary/aromatic N) is 5. The summed E-state index contributed by atoms with van der Waals surface area (Å²) in [6.45, 7) is 11.8. The molecule has 3 heterocycles. The molecule has 4 aromatic rings. The highest BCUT2D eigenvalue weighted by atomic mass is 16.6. The van der Waals surface area contributed by atoms with Crippen molar-refractivity contribution in [1.29, 1.82) is 0 Å². The van der Waals surface area contributed by atoms with Crippen LogP contribution in [0.1, 0.15) is 93.6 Å². The number of allylic oxidation sites excluding steroid dienone is 10. The van der Waals surface area contributed by atoms with E-state index in [2.05, 4.69) is 103 Å². The molecule has 0 bridgehead atoms. The molecular formula is C53H68N8O4. The Kier molecular flexibility index (Phi) is 23.9. The maximum Gasteiger partial charge on any atom is 0.409 e. The molecule has 12 nitrogen and oxygen atoms in total. The van der Waals surface area contributed by atoms with E-state index in [1.54, 1.807) is 23.5 Å². The molecule has 12 heteroatoms. The van der Waals surface area contributed by atoms with Crippen molar-refractivity contribution in [3.8, 4) is 11.3 Å². The summed E-state index contributed by atoms with van der Waals surface area (Å²) in [7, 11) is 0. The van der Waals surface area contributed by atoms with E-state index in [0.29, 0.717) is 62.9 Å². The number of rotatable bonds is 23. The summed E-state index contributed by atoms with van der Waals surface area (Å²) in [6.07, 6.45) is 33.5. The maximum absolute atomic E-state index is 13.2. The summed E-state index contributed by atoms with van der Waals surface area (Å²) in [5, 5.41) is 9.13. The van der Waals surface area contributed by atoms with Crippen molar-refractivity contribution >= 4 is 35.2 Å². The minimum absolute atomic E-state index is 0.0369. The fourth-order valence-corrected chi connectivity index (χ4v) is 6.62. The number of aromatic nitrogens is 3. The van der Waals surface area contributed by atoms with Gasteiger partial charge in [-0.1, -0.05) is 99.7 Å². The second kappa shape index (κ2) is 30.4. The molecule has 1 aliphatic heterocycles. The van der Waals surface area contributed by atoms with Crippen LogP contribution < -0.4 is 16.0 Å². The lowest BCUT2D eigenvalue weighted by Crippen LogP contribution is -2.48. The van der Waals surface area contributed by atoms with E-state index in [9.17, 15) is 14.4 Å². The van der Waals surface area contributed by atoms with Gasteiger partial charge in [0.2, 0.25) is 11.9 Å². The molecule has 65 heavy (non-hydrogen) atoms. The van der Waals surface area contributed by atoms with Crippen molar-refractivity contribution in [1.82, 2.24) is 30.1 Å². The largest absolute Gasteiger partial charge is 0.448 e. The fourth-order valence-electron chi connectivity index (χ4n) is 6.62. The van der Waals surface area contributed by atoms with Crippen molar-refractivity contribution in [2.24, 2.45) is 0 Å². The van der Waals surface area contributed by atoms with Crippen molar-refractivity contribution in [2.45, 2.75) is 85.6 Å². The van der Waals surface area contributed by atoms with Crippen LogP contribution in [-0.2, 0) is 16.1 Å². The number of aryl methyl sites for hydroxylation is 1. The van der Waals surface area contributed by atoms with Crippen LogP contribution >= 0.6 is 0 Å². The van der Waals surface area contributed by atoms with Gasteiger partial charge < -0.3 is 25.6 Å². The van der Waals surface area contributed by atoms with Gasteiger partial charge in [0, 0.05) is 80.2 Å². The first kappa shape index (κ1) is 51.0. The van der Waals surface area contributed by atoms with Gasteiger partial charge in [0.25, 0.3) is 5.91 Å². The number of hydrogen-bond acceptors (Lipinski definition) is 9. The van der Waals surface area contributed by atoms with Gasteiger partial charge in [0.1, 0.15) is 6.61 Å². The fraction of sp³-hybridized carbons (Fsp3) is 0.358. The van der Waals surface area contributed by atoms with Gasteiger partial charge in [-0.2, -0.15) is 0 Å². The first-order chi connectivity index (χ1) is 31.9. The summed E-state index contributed by atoms with van der Waals surface area (Å²) in [5.41, 5.74) is 5.67. The molecule has 0 saturated carbocycles. The number of amides is 3. The highest BCUT2D eigenvalue weighted by Gasteiger charge is 2.22. The van der Waals surface area contributed by atoms with Crippen LogP contribution in [0.4, 0.5) is 22.1 Å². The lowest BCUT2D eigenvalue weighted by atomic mass is 10.1. The third-order valence-corrected chi connectivity index (χ3v) is 10.2. The summed E-state index contributed by atoms with van der Waals surface area (Å²) in [6, 6.07) is 18.9. The first-order valence-corrected chi connectivity index (χ1v) is 23.0. The maximum atomic E-state index is 13.2. The van der Waals surface area contributed by atoms with E-state index in [0.717, 1.165) is 73.0 Å². The smallest absolute Gasteiger partial charge is 0.409 e. The highest BCUT2D eigenvalue weighted by molar-refractivity contribution is 6.04. The van der Waals surface area contributed by atoms with Crippen LogP contribution in [0.3, 0.4) is 0 Å². The zero-order valence-electron chi connectivity index (χ0n) is 38.8. The Bertz CT molecular complexity index is 2180. The summed E-state index contributed by atoms with van der Waals surface area (Å²) in [4.78, 5) is 55.3. The Morgan fingerprint density at radius 3 is 2.12 bits per heavy atom. The second-order valence-electron chi connectivity index (χ2n) is 15.1. The van der Waals surface area contributed by atoms with E-state index < -0.39 is 0 Å². The molecule has 0 atom stereocenters. The predicted molar refractivity (Wildman–Crippen MR) is 265 cm³/mol. The summed E-state index contributed by atoms with van der Waals surface area (Å²) >= 11 is 0. The standard InChI is InChI=1S/C51H62N8O4.C2H6/c1-3-4-5-6-7-8-9-10-11-12-13-14-15-16-17-18-19-22-48(60)53-32-37-63-51(62)59-35-33-58(34-36-59)40-42-24-26-43(27-25-42)49(61)55-45-28-23-41(2)47(38-45)57-50-54-31-29-46(56-50)44-21-20-30-52-39-44;1-2/h4-5,7-8,10-11,13-14,16-17,20-21,23-31,38-39H,3,6,9,12,15,18-19,22,32-37,40H2,1-2H3,(H,53,60)(H,55,61)(H,54,56,57);1-2H3/b5-4-,8-7-,11-10-,14-13-,17-16-;. The Morgan fingerprint density at radius 2 is 1.46 bits per heavy atom. The zero-order chi connectivity index (χ0) is 46.3. The first-order valence-electron chi connectivity index (χ1n) is 23.0. The normalized spacial score (nSPS) is 13.1. The van der Waals surface area contributed by atoms with E-state index in [1.165, 1.54) is 0 Å². The Labute approximate surface area is 386 Å². The lowest BCUT2D eigenvalue weighted by molar-refractivity contribution is -0.121. The number of unbranched alkanes of at least 4 members (excludes halogenated alkanes) is 1. The van der Waals surface area contributed by atoms with Gasteiger partial charge in [-0.25, -0.2) is 14.8 Å². The molecule has 0 radical (unpaired) electrons. The van der Waals surface area contributed by atoms with Crippen LogP contribution in [0.15, 0.2) is 140 Å². The van der Waals surface area contributed by atoms with Crippen LogP contribution in [0.25, 0.3) is 11.3 Å². The topological polar surface area (TPSA) is 142 Å². The van der Waals surface area contributed by atoms with Crippen LogP contribution in [0.5, 0.6) is 0 Å². The Balaban J connectivity index is 0.00000456. The van der Waals surface area contributed by atoms with Gasteiger partial charge in [0.15, 0.2) is 0 Å². The van der Waals surface area contributed by atoms with Crippen molar-refractivity contribution in [3.05, 3.63) is 157 Å². The molecule has 0 spiro atoms. The second-order valence-corrected chi connectivity index (χ2v) is 15.1. The van der Waals surface area contributed by atoms with Crippen molar-refractivity contribution < 1.29 is 19.1 Å². The molecule has 2 aromatic heterocycles. The van der Waals surface area contributed by atoms with E-state index in [-0.39, 0.29) is 24.5 Å². The summed E-state index contributed by atoms with van der Waals surface area (Å²) in [5.74, 6) is 0.192. The van der Waals surface area contributed by atoms with Crippen LogP contribution in [0.2, 0.25) is 0 Å². The summed E-state index contributed by atoms with van der Waals surface area (Å²) < 4.78 is 5.44. The van der Waals surface area contributed by atoms with Gasteiger partial charge in [-0.3, -0.25) is 19.5 Å². The van der Waals surface area contributed by atoms with E-state index in [4.69, 9.17) is 4.74 Å². The molecule has 5 rings (SSSR count). The number of pyridine rings is 1. The number of anilines is 3. The van der Waals surface area contributed by atoms with E-state index in [1.807, 2.05) is 81.4 Å². The van der Waals surface area contributed by atoms with Gasteiger partial charge in [-0.05, 0) is 105 Å². The molecule has 1 fully saturated rings. The number of carbonyl (C=O) groups is 3. The third kappa shape index (κ3) is 19.7. The Hall–Kier alpha value is -6.66. The molecule has 1 saturated heterocycles. The van der Waals surface area contributed by atoms with Gasteiger partial charge in [-0.15, -0.1) is 0 Å². The average Bonchev–Trinajstić information content (AvgIpc) is 3.34.